The monoisotopic (exact) mass is 291 g/mol. The summed E-state index contributed by atoms with van der Waals surface area (Å²) in [4.78, 5) is 20.4. The standard InChI is InChI=1S/C13H13N3OS2/c1-8-2-4-18-10(8)6-14-7-11-15-9-3-5-19-12(9)13(17)16-11/h2-5,14H,6-7H2,1H3,(H,15,16,17). The van der Waals surface area contributed by atoms with Crippen molar-refractivity contribution in [3.05, 3.63) is 49.5 Å². The fourth-order valence-electron chi connectivity index (χ4n) is 1.88. The van der Waals surface area contributed by atoms with E-state index in [-0.39, 0.29) is 5.56 Å². The molecule has 2 N–H and O–H groups in total. The van der Waals surface area contributed by atoms with Gasteiger partial charge in [-0.1, -0.05) is 0 Å². The Morgan fingerprint density at radius 1 is 1.26 bits per heavy atom. The molecule has 0 amide bonds. The Balaban J connectivity index is 1.72. The van der Waals surface area contributed by atoms with Crippen LogP contribution in [-0.2, 0) is 13.1 Å². The highest BCUT2D eigenvalue weighted by Gasteiger charge is 2.05. The normalized spacial score (nSPS) is 11.2. The van der Waals surface area contributed by atoms with Gasteiger partial charge < -0.3 is 10.3 Å². The van der Waals surface area contributed by atoms with Gasteiger partial charge in [0.25, 0.3) is 5.56 Å². The first-order valence-electron chi connectivity index (χ1n) is 5.94. The van der Waals surface area contributed by atoms with Gasteiger partial charge in [0.2, 0.25) is 0 Å². The van der Waals surface area contributed by atoms with Crippen molar-refractivity contribution in [2.45, 2.75) is 20.0 Å². The smallest absolute Gasteiger partial charge is 0.268 e. The van der Waals surface area contributed by atoms with Gasteiger partial charge >= 0.3 is 0 Å². The van der Waals surface area contributed by atoms with E-state index in [9.17, 15) is 4.79 Å². The summed E-state index contributed by atoms with van der Waals surface area (Å²) < 4.78 is 0.692. The zero-order valence-electron chi connectivity index (χ0n) is 10.4. The number of hydrogen-bond acceptors (Lipinski definition) is 5. The molecule has 0 fully saturated rings. The molecule has 3 aromatic rings. The molecule has 0 aliphatic carbocycles. The highest BCUT2D eigenvalue weighted by Crippen LogP contribution is 2.15. The predicted octanol–water partition coefficient (Wildman–Crippen LogP) is 2.64. The summed E-state index contributed by atoms with van der Waals surface area (Å²) >= 11 is 3.16. The summed E-state index contributed by atoms with van der Waals surface area (Å²) in [6.45, 7) is 3.47. The van der Waals surface area contributed by atoms with E-state index < -0.39 is 0 Å². The minimum absolute atomic E-state index is 0.0518. The Bertz CT molecular complexity index is 756. The molecule has 3 rings (SSSR count). The number of rotatable bonds is 4. The van der Waals surface area contributed by atoms with Gasteiger partial charge in [0.05, 0.1) is 12.1 Å². The van der Waals surface area contributed by atoms with Crippen molar-refractivity contribution in [1.29, 1.82) is 0 Å². The number of fused-ring (bicyclic) bond motifs is 1. The van der Waals surface area contributed by atoms with Crippen LogP contribution in [0.3, 0.4) is 0 Å². The van der Waals surface area contributed by atoms with E-state index in [0.29, 0.717) is 17.1 Å². The average Bonchev–Trinajstić information content (AvgIpc) is 2.99. The molecule has 0 aliphatic heterocycles. The third kappa shape index (κ3) is 2.60. The van der Waals surface area contributed by atoms with Crippen LogP contribution in [0.2, 0.25) is 0 Å². The molecule has 0 spiro atoms. The van der Waals surface area contributed by atoms with Crippen molar-refractivity contribution in [2.24, 2.45) is 0 Å². The fourth-order valence-corrected chi connectivity index (χ4v) is 3.49. The molecule has 19 heavy (non-hydrogen) atoms. The Labute approximate surface area is 118 Å². The molecule has 0 bridgehead atoms. The number of nitrogens with one attached hydrogen (secondary N) is 2. The van der Waals surface area contributed by atoms with Crippen LogP contribution in [0.4, 0.5) is 0 Å². The number of H-pyrrole nitrogens is 1. The summed E-state index contributed by atoms with van der Waals surface area (Å²) in [5.41, 5.74) is 2.02. The minimum Gasteiger partial charge on any atom is -0.308 e. The second kappa shape index (κ2) is 5.24. The molecule has 0 aliphatic rings. The van der Waals surface area contributed by atoms with Crippen molar-refractivity contribution in [2.75, 3.05) is 0 Å². The number of nitrogens with zero attached hydrogens (tertiary/aromatic N) is 1. The van der Waals surface area contributed by atoms with Gasteiger partial charge in [-0.15, -0.1) is 22.7 Å². The molecule has 0 atom stereocenters. The lowest BCUT2D eigenvalue weighted by molar-refractivity contribution is 0.668. The van der Waals surface area contributed by atoms with Gasteiger partial charge in [-0.05, 0) is 35.4 Å². The van der Waals surface area contributed by atoms with Crippen molar-refractivity contribution >= 4 is 32.9 Å². The minimum atomic E-state index is -0.0518. The van der Waals surface area contributed by atoms with E-state index in [1.165, 1.54) is 21.8 Å². The predicted molar refractivity (Wildman–Crippen MR) is 79.8 cm³/mol. The van der Waals surface area contributed by atoms with Crippen LogP contribution >= 0.6 is 22.7 Å². The van der Waals surface area contributed by atoms with Gasteiger partial charge in [0.1, 0.15) is 10.5 Å². The third-order valence-electron chi connectivity index (χ3n) is 2.91. The number of aromatic amines is 1. The van der Waals surface area contributed by atoms with Crippen LogP contribution in [0, 0.1) is 6.92 Å². The van der Waals surface area contributed by atoms with E-state index in [4.69, 9.17) is 0 Å². The Morgan fingerprint density at radius 3 is 2.89 bits per heavy atom. The SMILES string of the molecule is Cc1ccsc1CNCc1nc2ccsc2c(=O)[nH]1. The van der Waals surface area contributed by atoms with E-state index in [2.05, 4.69) is 33.7 Å². The lowest BCUT2D eigenvalue weighted by Crippen LogP contribution is -2.18. The van der Waals surface area contributed by atoms with Crippen LogP contribution in [0.25, 0.3) is 10.2 Å². The number of hydrogen-bond donors (Lipinski definition) is 2. The molecule has 3 aromatic heterocycles. The maximum atomic E-state index is 11.8. The summed E-state index contributed by atoms with van der Waals surface area (Å²) in [6, 6.07) is 3.99. The summed E-state index contributed by atoms with van der Waals surface area (Å²) in [6.07, 6.45) is 0. The molecule has 0 saturated heterocycles. The second-order valence-electron chi connectivity index (χ2n) is 4.28. The van der Waals surface area contributed by atoms with Crippen LogP contribution in [0.15, 0.2) is 27.7 Å². The van der Waals surface area contributed by atoms with Crippen LogP contribution in [0.5, 0.6) is 0 Å². The molecule has 0 aromatic carbocycles. The van der Waals surface area contributed by atoms with Crippen molar-refractivity contribution in [3.63, 3.8) is 0 Å². The molecule has 4 nitrogen and oxygen atoms in total. The van der Waals surface area contributed by atoms with Gasteiger partial charge in [-0.25, -0.2) is 4.98 Å². The van der Waals surface area contributed by atoms with Gasteiger partial charge in [-0.3, -0.25) is 4.79 Å². The first kappa shape index (κ1) is 12.5. The van der Waals surface area contributed by atoms with Crippen LogP contribution in [0.1, 0.15) is 16.3 Å². The highest BCUT2D eigenvalue weighted by molar-refractivity contribution is 7.17. The quantitative estimate of drug-likeness (QED) is 0.777. The summed E-state index contributed by atoms with van der Waals surface area (Å²) in [7, 11) is 0. The Hall–Kier alpha value is -1.50. The molecule has 0 saturated carbocycles. The first-order chi connectivity index (χ1) is 9.24. The average molecular weight is 291 g/mol. The number of aryl methyl sites for hydroxylation is 1. The van der Waals surface area contributed by atoms with Gasteiger partial charge in [-0.2, -0.15) is 0 Å². The van der Waals surface area contributed by atoms with E-state index in [0.717, 1.165) is 12.1 Å². The molecular formula is C13H13N3OS2. The van der Waals surface area contributed by atoms with Crippen LogP contribution in [-0.4, -0.2) is 9.97 Å². The first-order valence-corrected chi connectivity index (χ1v) is 7.70. The number of aromatic nitrogens is 2. The summed E-state index contributed by atoms with van der Waals surface area (Å²) in [5.74, 6) is 0.685. The van der Waals surface area contributed by atoms with Crippen molar-refractivity contribution < 1.29 is 0 Å². The molecule has 98 valence electrons. The Morgan fingerprint density at radius 2 is 2.11 bits per heavy atom. The van der Waals surface area contributed by atoms with E-state index >= 15 is 0 Å². The Kier molecular flexibility index (Phi) is 3.46. The third-order valence-corrected chi connectivity index (χ3v) is 4.84. The molecule has 6 heteroatoms. The maximum Gasteiger partial charge on any atom is 0.268 e. The highest BCUT2D eigenvalue weighted by atomic mass is 32.1. The van der Waals surface area contributed by atoms with E-state index in [1.807, 2.05) is 11.4 Å². The van der Waals surface area contributed by atoms with Crippen molar-refractivity contribution in [1.82, 2.24) is 15.3 Å². The fraction of sp³-hybridized carbons (Fsp3) is 0.231. The van der Waals surface area contributed by atoms with Crippen LogP contribution < -0.4 is 10.9 Å². The van der Waals surface area contributed by atoms with E-state index in [1.54, 1.807) is 11.3 Å². The topological polar surface area (TPSA) is 57.8 Å². The maximum absolute atomic E-state index is 11.8. The van der Waals surface area contributed by atoms with Gasteiger partial charge in [0.15, 0.2) is 0 Å². The lowest BCUT2D eigenvalue weighted by atomic mass is 10.3. The largest absolute Gasteiger partial charge is 0.308 e. The van der Waals surface area contributed by atoms with Crippen molar-refractivity contribution in [3.8, 4) is 0 Å². The lowest BCUT2D eigenvalue weighted by Gasteiger charge is -2.04. The zero-order valence-corrected chi connectivity index (χ0v) is 12.0. The molecule has 0 radical (unpaired) electrons. The summed E-state index contributed by atoms with van der Waals surface area (Å²) in [5, 5.41) is 7.29. The molecule has 3 heterocycles. The second-order valence-corrected chi connectivity index (χ2v) is 6.19. The van der Waals surface area contributed by atoms with Gasteiger partial charge in [0, 0.05) is 11.4 Å². The number of thiophene rings is 2. The zero-order chi connectivity index (χ0) is 13.2. The molecule has 0 unspecified atom stereocenters. The molecular weight excluding hydrogens is 278 g/mol.